The molecule has 0 spiro atoms. The van der Waals surface area contributed by atoms with Gasteiger partial charge >= 0.3 is 0 Å². The molecule has 4 nitrogen and oxygen atoms in total. The van der Waals surface area contributed by atoms with Crippen LogP contribution in [0.3, 0.4) is 0 Å². The highest BCUT2D eigenvalue weighted by Gasteiger charge is 2.48. The van der Waals surface area contributed by atoms with E-state index in [0.717, 1.165) is 57.9 Å². The molecule has 2 rings (SSSR count). The van der Waals surface area contributed by atoms with Crippen molar-refractivity contribution in [2.24, 2.45) is 0 Å². The first-order chi connectivity index (χ1) is 10.2. The van der Waals surface area contributed by atoms with Gasteiger partial charge in [0, 0.05) is 12.6 Å². The van der Waals surface area contributed by atoms with Crippen LogP contribution in [0.25, 0.3) is 0 Å². The van der Waals surface area contributed by atoms with E-state index >= 15 is 0 Å². The van der Waals surface area contributed by atoms with E-state index in [1.165, 1.54) is 0 Å². The summed E-state index contributed by atoms with van der Waals surface area (Å²) in [5, 5.41) is 0. The molecule has 21 heavy (non-hydrogen) atoms. The number of rotatable bonds is 7. The summed E-state index contributed by atoms with van der Waals surface area (Å²) in [6, 6.07) is -0.138. The lowest BCUT2D eigenvalue weighted by Gasteiger charge is -2.46. The third kappa shape index (κ3) is 3.09. The van der Waals surface area contributed by atoms with Gasteiger partial charge in [-0.25, -0.2) is 0 Å². The number of fused-ring (bicyclic) bond motifs is 1. The zero-order valence-corrected chi connectivity index (χ0v) is 13.8. The van der Waals surface area contributed by atoms with E-state index < -0.39 is 0 Å². The van der Waals surface area contributed by atoms with Crippen molar-refractivity contribution in [2.45, 2.75) is 90.3 Å². The first-order valence-electron chi connectivity index (χ1n) is 8.78. The zero-order chi connectivity index (χ0) is 15.4. The Balaban J connectivity index is 2.23. The van der Waals surface area contributed by atoms with E-state index in [-0.39, 0.29) is 29.9 Å². The Bertz CT molecular complexity index is 383. The summed E-state index contributed by atoms with van der Waals surface area (Å²) in [6.45, 7) is 7.15. The molecule has 2 aliphatic heterocycles. The monoisotopic (exact) mass is 294 g/mol. The number of carbonyl (C=O) groups excluding carboxylic acids is 2. The Kier molecular flexibility index (Phi) is 5.65. The maximum atomic E-state index is 12.9. The Labute approximate surface area is 128 Å². The SMILES string of the molecule is CCCCC(CCC)N1C(=O)C2CCCN2C(=O)C1CC. The van der Waals surface area contributed by atoms with Crippen LogP contribution in [-0.2, 0) is 9.59 Å². The molecule has 4 heteroatoms. The molecule has 3 atom stereocenters. The van der Waals surface area contributed by atoms with Crippen LogP contribution in [0.4, 0.5) is 0 Å². The fourth-order valence-electron chi connectivity index (χ4n) is 3.92. The molecule has 2 amide bonds. The number of hydrogen-bond donors (Lipinski definition) is 0. The Morgan fingerprint density at radius 3 is 2.48 bits per heavy atom. The first kappa shape index (κ1) is 16.3. The summed E-state index contributed by atoms with van der Waals surface area (Å²) in [5.41, 5.74) is 0. The van der Waals surface area contributed by atoms with Gasteiger partial charge in [-0.2, -0.15) is 0 Å². The maximum Gasteiger partial charge on any atom is 0.246 e. The summed E-state index contributed by atoms with van der Waals surface area (Å²) in [6.07, 6.45) is 7.95. The molecule has 0 aliphatic carbocycles. The van der Waals surface area contributed by atoms with Gasteiger partial charge in [0.25, 0.3) is 0 Å². The molecule has 0 aromatic heterocycles. The molecule has 0 bridgehead atoms. The highest BCUT2D eigenvalue weighted by molar-refractivity contribution is 5.97. The Hall–Kier alpha value is -1.06. The van der Waals surface area contributed by atoms with E-state index in [1.54, 1.807) is 0 Å². The summed E-state index contributed by atoms with van der Waals surface area (Å²) in [5.74, 6) is 0.408. The average molecular weight is 294 g/mol. The van der Waals surface area contributed by atoms with Crippen molar-refractivity contribution in [1.29, 1.82) is 0 Å². The molecule has 0 aromatic carbocycles. The summed E-state index contributed by atoms with van der Waals surface area (Å²) in [4.78, 5) is 29.5. The predicted molar refractivity (Wildman–Crippen MR) is 83.9 cm³/mol. The van der Waals surface area contributed by atoms with Gasteiger partial charge in [-0.15, -0.1) is 0 Å². The summed E-state index contributed by atoms with van der Waals surface area (Å²) in [7, 11) is 0. The largest absolute Gasteiger partial charge is 0.329 e. The molecule has 2 fully saturated rings. The van der Waals surface area contributed by atoms with Gasteiger partial charge in [0.2, 0.25) is 11.8 Å². The van der Waals surface area contributed by atoms with E-state index in [0.29, 0.717) is 0 Å². The summed E-state index contributed by atoms with van der Waals surface area (Å²) >= 11 is 0. The van der Waals surface area contributed by atoms with Crippen molar-refractivity contribution in [3.8, 4) is 0 Å². The van der Waals surface area contributed by atoms with Crippen LogP contribution in [0.2, 0.25) is 0 Å². The molecule has 0 saturated carbocycles. The van der Waals surface area contributed by atoms with Gasteiger partial charge in [0.1, 0.15) is 12.1 Å². The molecular weight excluding hydrogens is 264 g/mol. The molecule has 2 heterocycles. The number of carbonyl (C=O) groups is 2. The number of hydrogen-bond acceptors (Lipinski definition) is 2. The minimum Gasteiger partial charge on any atom is -0.329 e. The van der Waals surface area contributed by atoms with E-state index in [4.69, 9.17) is 0 Å². The first-order valence-corrected chi connectivity index (χ1v) is 8.78. The van der Waals surface area contributed by atoms with Crippen molar-refractivity contribution in [2.75, 3.05) is 6.54 Å². The van der Waals surface area contributed by atoms with Crippen LogP contribution in [0.15, 0.2) is 0 Å². The van der Waals surface area contributed by atoms with Gasteiger partial charge in [-0.05, 0) is 32.1 Å². The lowest BCUT2D eigenvalue weighted by molar-refractivity contribution is -0.162. The highest BCUT2D eigenvalue weighted by Crippen LogP contribution is 2.31. The van der Waals surface area contributed by atoms with Crippen molar-refractivity contribution in [1.82, 2.24) is 9.80 Å². The Morgan fingerprint density at radius 2 is 1.86 bits per heavy atom. The molecule has 2 saturated heterocycles. The van der Waals surface area contributed by atoms with E-state index in [9.17, 15) is 9.59 Å². The third-order valence-electron chi connectivity index (χ3n) is 4.99. The minimum atomic E-state index is -0.222. The van der Waals surface area contributed by atoms with Gasteiger partial charge in [-0.3, -0.25) is 9.59 Å². The zero-order valence-electron chi connectivity index (χ0n) is 13.8. The quantitative estimate of drug-likeness (QED) is 0.724. The molecule has 2 aliphatic rings. The molecule has 3 unspecified atom stereocenters. The lowest BCUT2D eigenvalue weighted by Crippen LogP contribution is -2.65. The van der Waals surface area contributed by atoms with Crippen LogP contribution < -0.4 is 0 Å². The fraction of sp³-hybridized carbons (Fsp3) is 0.882. The molecular formula is C17H30N2O2. The summed E-state index contributed by atoms with van der Waals surface area (Å²) < 4.78 is 0. The lowest BCUT2D eigenvalue weighted by atomic mass is 9.95. The molecule has 0 aromatic rings. The topological polar surface area (TPSA) is 40.6 Å². The van der Waals surface area contributed by atoms with Crippen molar-refractivity contribution in [3.63, 3.8) is 0 Å². The van der Waals surface area contributed by atoms with E-state index in [1.807, 2.05) is 16.7 Å². The van der Waals surface area contributed by atoms with Crippen molar-refractivity contribution < 1.29 is 9.59 Å². The minimum absolute atomic E-state index is 0.165. The second-order valence-corrected chi connectivity index (χ2v) is 6.44. The average Bonchev–Trinajstić information content (AvgIpc) is 2.97. The highest BCUT2D eigenvalue weighted by atomic mass is 16.2. The smallest absolute Gasteiger partial charge is 0.246 e. The van der Waals surface area contributed by atoms with Crippen LogP contribution in [0, 0.1) is 0 Å². The second kappa shape index (κ2) is 7.28. The predicted octanol–water partition coefficient (Wildman–Crippen LogP) is 2.96. The normalized spacial score (nSPS) is 27.2. The second-order valence-electron chi connectivity index (χ2n) is 6.44. The van der Waals surface area contributed by atoms with Gasteiger partial charge < -0.3 is 9.80 Å². The van der Waals surface area contributed by atoms with Gasteiger partial charge in [0.05, 0.1) is 0 Å². The molecule has 0 N–H and O–H groups in total. The molecule has 0 radical (unpaired) electrons. The van der Waals surface area contributed by atoms with E-state index in [2.05, 4.69) is 13.8 Å². The van der Waals surface area contributed by atoms with Crippen molar-refractivity contribution >= 4 is 11.8 Å². The van der Waals surface area contributed by atoms with Gasteiger partial charge in [0.15, 0.2) is 0 Å². The number of piperazine rings is 1. The molecule has 120 valence electrons. The van der Waals surface area contributed by atoms with Crippen LogP contribution in [-0.4, -0.2) is 46.3 Å². The fourth-order valence-corrected chi connectivity index (χ4v) is 3.92. The Morgan fingerprint density at radius 1 is 1.10 bits per heavy atom. The number of nitrogens with zero attached hydrogens (tertiary/aromatic N) is 2. The van der Waals surface area contributed by atoms with Gasteiger partial charge in [-0.1, -0.05) is 40.0 Å². The standard InChI is InChI=1S/C17H30N2O2/c1-4-7-10-13(9-5-2)19-14(6-3)16(20)18-12-8-11-15(18)17(19)21/h13-15H,4-12H2,1-3H3. The van der Waals surface area contributed by atoms with Crippen molar-refractivity contribution in [3.05, 3.63) is 0 Å². The third-order valence-corrected chi connectivity index (χ3v) is 4.99. The van der Waals surface area contributed by atoms with Crippen LogP contribution >= 0.6 is 0 Å². The number of unbranched alkanes of at least 4 members (excludes halogenated alkanes) is 1. The van der Waals surface area contributed by atoms with Crippen LogP contribution in [0.5, 0.6) is 0 Å². The number of amides is 2. The maximum absolute atomic E-state index is 12.9. The van der Waals surface area contributed by atoms with Crippen LogP contribution in [0.1, 0.15) is 72.1 Å².